The minimum atomic E-state index is -3.52. The van der Waals surface area contributed by atoms with Gasteiger partial charge in [-0.25, -0.2) is 8.42 Å². The van der Waals surface area contributed by atoms with Gasteiger partial charge in [-0.2, -0.15) is 4.31 Å². The van der Waals surface area contributed by atoms with Gasteiger partial charge in [0.1, 0.15) is 0 Å². The Bertz CT molecular complexity index is 970. The lowest BCUT2D eigenvalue weighted by atomic mass is 10.2. The molecule has 0 bridgehead atoms. The Morgan fingerprint density at radius 1 is 1.07 bits per heavy atom. The maximum Gasteiger partial charge on any atom is 0.243 e. The predicted octanol–water partition coefficient (Wildman–Crippen LogP) is 3.01. The second kappa shape index (κ2) is 8.73. The third kappa shape index (κ3) is 4.81. The summed E-state index contributed by atoms with van der Waals surface area (Å²) in [5.74, 6) is -0.113. The molecule has 0 aromatic heterocycles. The molecule has 0 atom stereocenters. The van der Waals surface area contributed by atoms with Crippen molar-refractivity contribution < 1.29 is 13.2 Å². The number of benzene rings is 2. The lowest BCUT2D eigenvalue weighted by Crippen LogP contribution is -2.50. The summed E-state index contributed by atoms with van der Waals surface area (Å²) in [6, 6.07) is 12.8. The van der Waals surface area contributed by atoms with Crippen LogP contribution >= 0.6 is 15.9 Å². The molecule has 1 amide bonds. The molecule has 0 radical (unpaired) electrons. The first-order valence-electron chi connectivity index (χ1n) is 9.11. The first kappa shape index (κ1) is 21.0. The van der Waals surface area contributed by atoms with Crippen LogP contribution in [0, 0.1) is 13.8 Å². The van der Waals surface area contributed by atoms with Crippen LogP contribution in [-0.2, 0) is 14.8 Å². The number of amides is 1. The van der Waals surface area contributed by atoms with Gasteiger partial charge in [-0.05, 0) is 53.5 Å². The highest BCUT2D eigenvalue weighted by molar-refractivity contribution is 9.10. The van der Waals surface area contributed by atoms with E-state index >= 15 is 0 Å². The number of nitrogens with zero attached hydrogens (tertiary/aromatic N) is 2. The molecule has 2 aromatic carbocycles. The number of hydrogen-bond acceptors (Lipinski definition) is 4. The first-order valence-corrected chi connectivity index (χ1v) is 11.3. The lowest BCUT2D eigenvalue weighted by molar-refractivity contribution is -0.117. The third-order valence-corrected chi connectivity index (χ3v) is 7.55. The van der Waals surface area contributed by atoms with E-state index in [0.717, 1.165) is 21.3 Å². The molecular weight excluding hydrogens is 442 g/mol. The van der Waals surface area contributed by atoms with Gasteiger partial charge in [0.15, 0.2) is 0 Å². The maximum atomic E-state index is 12.9. The van der Waals surface area contributed by atoms with Crippen molar-refractivity contribution in [1.82, 2.24) is 9.21 Å². The molecule has 1 N–H and O–H groups in total. The molecule has 1 fully saturated rings. The Labute approximate surface area is 174 Å². The molecule has 150 valence electrons. The smallest absolute Gasteiger partial charge is 0.243 e. The number of carbonyl (C=O) groups is 1. The third-order valence-electron chi connectivity index (χ3n) is 4.79. The van der Waals surface area contributed by atoms with Crippen molar-refractivity contribution in [3.8, 4) is 0 Å². The summed E-state index contributed by atoms with van der Waals surface area (Å²) in [7, 11) is -3.52. The molecule has 1 aliphatic heterocycles. The van der Waals surface area contributed by atoms with E-state index in [1.807, 2.05) is 55.1 Å². The molecule has 0 aliphatic carbocycles. The van der Waals surface area contributed by atoms with Crippen molar-refractivity contribution >= 4 is 37.5 Å². The van der Waals surface area contributed by atoms with E-state index in [-0.39, 0.29) is 12.5 Å². The largest absolute Gasteiger partial charge is 0.324 e. The zero-order chi connectivity index (χ0) is 20.3. The highest BCUT2D eigenvalue weighted by atomic mass is 79.9. The van der Waals surface area contributed by atoms with Crippen LogP contribution in [0.25, 0.3) is 0 Å². The van der Waals surface area contributed by atoms with Gasteiger partial charge in [0.25, 0.3) is 0 Å². The predicted molar refractivity (Wildman–Crippen MR) is 114 cm³/mol. The molecule has 28 heavy (non-hydrogen) atoms. The minimum Gasteiger partial charge on any atom is -0.324 e. The van der Waals surface area contributed by atoms with Gasteiger partial charge in [0, 0.05) is 30.7 Å². The number of nitrogens with one attached hydrogen (secondary N) is 1. The molecule has 1 saturated heterocycles. The van der Waals surface area contributed by atoms with E-state index in [0.29, 0.717) is 31.1 Å². The summed E-state index contributed by atoms with van der Waals surface area (Å²) < 4.78 is 28.2. The molecule has 2 aromatic rings. The Hall–Kier alpha value is -1.74. The van der Waals surface area contributed by atoms with Crippen LogP contribution in [0.3, 0.4) is 0 Å². The van der Waals surface area contributed by atoms with E-state index in [9.17, 15) is 13.2 Å². The Morgan fingerprint density at radius 2 is 1.75 bits per heavy atom. The molecule has 0 saturated carbocycles. The Balaban J connectivity index is 1.58. The fourth-order valence-electron chi connectivity index (χ4n) is 3.31. The second-order valence-corrected chi connectivity index (χ2v) is 9.74. The quantitative estimate of drug-likeness (QED) is 0.736. The van der Waals surface area contributed by atoms with Crippen LogP contribution in [0.5, 0.6) is 0 Å². The molecule has 1 heterocycles. The Morgan fingerprint density at radius 3 is 2.39 bits per heavy atom. The van der Waals surface area contributed by atoms with Crippen LogP contribution in [-0.4, -0.2) is 56.3 Å². The minimum absolute atomic E-state index is 0.113. The van der Waals surface area contributed by atoms with Crippen molar-refractivity contribution in [1.29, 1.82) is 0 Å². The first-order chi connectivity index (χ1) is 13.3. The highest BCUT2D eigenvalue weighted by Crippen LogP contribution is 2.23. The SMILES string of the molecule is Cc1ccc(S(=O)(=O)N2CCN(CC(=O)Nc3ccccc3Br)CC2)c(C)c1. The number of rotatable bonds is 5. The van der Waals surface area contributed by atoms with Crippen molar-refractivity contribution in [2.45, 2.75) is 18.7 Å². The number of para-hydroxylation sites is 1. The topological polar surface area (TPSA) is 69.7 Å². The summed E-state index contributed by atoms with van der Waals surface area (Å²) in [6.07, 6.45) is 0. The molecule has 0 unspecified atom stereocenters. The van der Waals surface area contributed by atoms with E-state index in [1.165, 1.54) is 4.31 Å². The lowest BCUT2D eigenvalue weighted by Gasteiger charge is -2.33. The molecule has 6 nitrogen and oxygen atoms in total. The van der Waals surface area contributed by atoms with Crippen LogP contribution in [0.2, 0.25) is 0 Å². The summed E-state index contributed by atoms with van der Waals surface area (Å²) in [6.45, 7) is 5.79. The molecule has 0 spiro atoms. The van der Waals surface area contributed by atoms with Gasteiger partial charge in [0.05, 0.1) is 17.1 Å². The summed E-state index contributed by atoms with van der Waals surface area (Å²) in [5.41, 5.74) is 2.52. The number of hydrogen-bond donors (Lipinski definition) is 1. The fraction of sp³-hybridized carbons (Fsp3) is 0.350. The van der Waals surface area contributed by atoms with Crippen molar-refractivity contribution in [2.75, 3.05) is 38.0 Å². The number of carbonyl (C=O) groups excluding carboxylic acids is 1. The number of piperazine rings is 1. The fourth-order valence-corrected chi connectivity index (χ4v) is 5.32. The zero-order valence-corrected chi connectivity index (χ0v) is 18.4. The van der Waals surface area contributed by atoms with Gasteiger partial charge in [-0.15, -0.1) is 0 Å². The molecule has 8 heteroatoms. The molecule has 3 rings (SSSR count). The van der Waals surface area contributed by atoms with Crippen LogP contribution in [0.1, 0.15) is 11.1 Å². The maximum absolute atomic E-state index is 12.9. The summed E-state index contributed by atoms with van der Waals surface area (Å²) in [4.78, 5) is 14.6. The summed E-state index contributed by atoms with van der Waals surface area (Å²) in [5, 5.41) is 2.88. The molecule has 1 aliphatic rings. The van der Waals surface area contributed by atoms with Crippen molar-refractivity contribution in [3.63, 3.8) is 0 Å². The van der Waals surface area contributed by atoms with Crippen LogP contribution in [0.15, 0.2) is 51.8 Å². The van der Waals surface area contributed by atoms with E-state index < -0.39 is 10.0 Å². The van der Waals surface area contributed by atoms with Gasteiger partial charge < -0.3 is 5.32 Å². The van der Waals surface area contributed by atoms with Gasteiger partial charge >= 0.3 is 0 Å². The average Bonchev–Trinajstić information content (AvgIpc) is 2.64. The monoisotopic (exact) mass is 465 g/mol. The van der Waals surface area contributed by atoms with Crippen LogP contribution < -0.4 is 5.32 Å². The van der Waals surface area contributed by atoms with Crippen LogP contribution in [0.4, 0.5) is 5.69 Å². The van der Waals surface area contributed by atoms with E-state index in [4.69, 9.17) is 0 Å². The van der Waals surface area contributed by atoms with E-state index in [1.54, 1.807) is 6.07 Å². The number of sulfonamides is 1. The standard InChI is InChI=1S/C20H24BrN3O3S/c1-15-7-8-19(16(2)13-15)28(26,27)24-11-9-23(10-12-24)14-20(25)22-18-6-4-3-5-17(18)21/h3-8,13H,9-12,14H2,1-2H3,(H,22,25). The normalized spacial score (nSPS) is 16.1. The number of aryl methyl sites for hydroxylation is 2. The number of halogens is 1. The van der Waals surface area contributed by atoms with Crippen molar-refractivity contribution in [3.05, 3.63) is 58.1 Å². The van der Waals surface area contributed by atoms with E-state index in [2.05, 4.69) is 21.2 Å². The van der Waals surface area contributed by atoms with Gasteiger partial charge in [-0.1, -0.05) is 29.8 Å². The van der Waals surface area contributed by atoms with Gasteiger partial charge in [0.2, 0.25) is 15.9 Å². The highest BCUT2D eigenvalue weighted by Gasteiger charge is 2.30. The second-order valence-electron chi connectivity index (χ2n) is 6.98. The van der Waals surface area contributed by atoms with Crippen molar-refractivity contribution in [2.24, 2.45) is 0 Å². The number of anilines is 1. The Kier molecular flexibility index (Phi) is 6.54. The van der Waals surface area contributed by atoms with Gasteiger partial charge in [-0.3, -0.25) is 9.69 Å². The zero-order valence-electron chi connectivity index (χ0n) is 16.0. The molecular formula is C20H24BrN3O3S. The summed E-state index contributed by atoms with van der Waals surface area (Å²) >= 11 is 3.41. The average molecular weight is 466 g/mol.